The maximum Gasteiger partial charge on any atom is 0.122 e. The number of ether oxygens (including phenoxy) is 1. The predicted octanol–water partition coefficient (Wildman–Crippen LogP) is 2.56. The molecule has 1 aliphatic rings. The Morgan fingerprint density at radius 2 is 2.18 bits per heavy atom. The zero-order valence-corrected chi connectivity index (χ0v) is 10.7. The van der Waals surface area contributed by atoms with Gasteiger partial charge in [-0.2, -0.15) is 0 Å². The van der Waals surface area contributed by atoms with Crippen LogP contribution in [0.25, 0.3) is 0 Å². The molecule has 0 spiro atoms. The molecule has 0 aliphatic carbocycles. The lowest BCUT2D eigenvalue weighted by Gasteiger charge is -2.18. The SMILES string of the molecule is CC(C)CCC(NN)c1ccc2c(c1)CCO2. The van der Waals surface area contributed by atoms with Crippen molar-refractivity contribution < 1.29 is 4.74 Å². The maximum atomic E-state index is 5.65. The molecule has 0 aromatic heterocycles. The van der Waals surface area contributed by atoms with Gasteiger partial charge in [0.25, 0.3) is 0 Å². The third-order valence-corrected chi connectivity index (χ3v) is 3.35. The van der Waals surface area contributed by atoms with Crippen LogP contribution in [0.4, 0.5) is 0 Å². The zero-order chi connectivity index (χ0) is 12.3. The van der Waals surface area contributed by atoms with Crippen LogP contribution in [0.5, 0.6) is 5.75 Å². The van der Waals surface area contributed by atoms with Gasteiger partial charge in [0.05, 0.1) is 6.61 Å². The van der Waals surface area contributed by atoms with E-state index in [0.717, 1.165) is 25.2 Å². The van der Waals surface area contributed by atoms with Crippen LogP contribution < -0.4 is 16.0 Å². The number of fused-ring (bicyclic) bond motifs is 1. The van der Waals surface area contributed by atoms with Crippen molar-refractivity contribution in [1.82, 2.24) is 5.43 Å². The summed E-state index contributed by atoms with van der Waals surface area (Å²) in [5, 5.41) is 0. The molecule has 0 saturated carbocycles. The minimum absolute atomic E-state index is 0.253. The van der Waals surface area contributed by atoms with Gasteiger partial charge in [-0.1, -0.05) is 26.0 Å². The molecule has 94 valence electrons. The van der Waals surface area contributed by atoms with Crippen molar-refractivity contribution in [1.29, 1.82) is 0 Å². The average molecular weight is 234 g/mol. The van der Waals surface area contributed by atoms with Crippen molar-refractivity contribution in [2.45, 2.75) is 39.2 Å². The van der Waals surface area contributed by atoms with E-state index in [9.17, 15) is 0 Å². The van der Waals surface area contributed by atoms with Crippen molar-refractivity contribution in [2.24, 2.45) is 11.8 Å². The molecule has 0 amide bonds. The molecule has 3 nitrogen and oxygen atoms in total. The highest BCUT2D eigenvalue weighted by atomic mass is 16.5. The van der Waals surface area contributed by atoms with Gasteiger partial charge in [-0.15, -0.1) is 0 Å². The van der Waals surface area contributed by atoms with Gasteiger partial charge in [0.15, 0.2) is 0 Å². The Hall–Kier alpha value is -1.06. The summed E-state index contributed by atoms with van der Waals surface area (Å²) in [6.45, 7) is 5.29. The molecule has 1 aromatic rings. The average Bonchev–Trinajstić information content (AvgIpc) is 2.76. The van der Waals surface area contributed by atoms with E-state index in [1.807, 2.05) is 0 Å². The Balaban J connectivity index is 2.08. The first-order valence-electron chi connectivity index (χ1n) is 6.42. The van der Waals surface area contributed by atoms with Crippen molar-refractivity contribution in [3.8, 4) is 5.75 Å². The third kappa shape index (κ3) is 2.99. The largest absolute Gasteiger partial charge is 0.493 e. The van der Waals surface area contributed by atoms with E-state index in [1.165, 1.54) is 17.5 Å². The van der Waals surface area contributed by atoms with Gasteiger partial charge in [0.1, 0.15) is 5.75 Å². The Bertz CT molecular complexity index is 376. The topological polar surface area (TPSA) is 47.3 Å². The standard InChI is InChI=1S/C14H22N2O/c1-10(2)3-5-13(16-15)11-4-6-14-12(9-11)7-8-17-14/h4,6,9-10,13,16H,3,5,7-8,15H2,1-2H3. The second-order valence-corrected chi connectivity index (χ2v) is 5.16. The maximum absolute atomic E-state index is 5.65. The van der Waals surface area contributed by atoms with Crippen molar-refractivity contribution in [3.05, 3.63) is 29.3 Å². The van der Waals surface area contributed by atoms with E-state index in [1.54, 1.807) is 0 Å². The van der Waals surface area contributed by atoms with Gasteiger partial charge in [-0.3, -0.25) is 11.3 Å². The van der Waals surface area contributed by atoms with Gasteiger partial charge in [-0.25, -0.2) is 0 Å². The molecular formula is C14H22N2O. The Kier molecular flexibility index (Phi) is 4.02. The van der Waals surface area contributed by atoms with Crippen molar-refractivity contribution in [2.75, 3.05) is 6.61 Å². The fraction of sp³-hybridized carbons (Fsp3) is 0.571. The molecule has 0 saturated heterocycles. The highest BCUT2D eigenvalue weighted by molar-refractivity contribution is 5.40. The lowest BCUT2D eigenvalue weighted by Crippen LogP contribution is -2.28. The van der Waals surface area contributed by atoms with Crippen molar-refractivity contribution >= 4 is 0 Å². The predicted molar refractivity (Wildman–Crippen MR) is 69.8 cm³/mol. The van der Waals surface area contributed by atoms with E-state index in [-0.39, 0.29) is 6.04 Å². The zero-order valence-electron chi connectivity index (χ0n) is 10.7. The van der Waals surface area contributed by atoms with Gasteiger partial charge < -0.3 is 4.74 Å². The van der Waals surface area contributed by atoms with Crippen LogP contribution in [0.1, 0.15) is 43.9 Å². The monoisotopic (exact) mass is 234 g/mol. The summed E-state index contributed by atoms with van der Waals surface area (Å²) in [6.07, 6.45) is 3.28. The molecule has 1 aromatic carbocycles. The number of hydrazine groups is 1. The van der Waals surface area contributed by atoms with Crippen LogP contribution >= 0.6 is 0 Å². The lowest BCUT2D eigenvalue weighted by molar-refractivity contribution is 0.356. The molecule has 3 heteroatoms. The Labute approximate surface area is 103 Å². The number of nitrogens with two attached hydrogens (primary N) is 1. The summed E-state index contributed by atoms with van der Waals surface area (Å²) in [5.74, 6) is 7.40. The lowest BCUT2D eigenvalue weighted by atomic mass is 9.96. The molecule has 0 bridgehead atoms. The Morgan fingerprint density at radius 1 is 1.35 bits per heavy atom. The van der Waals surface area contributed by atoms with Crippen LogP contribution in [0.2, 0.25) is 0 Å². The summed E-state index contributed by atoms with van der Waals surface area (Å²) >= 11 is 0. The number of rotatable bonds is 5. The summed E-state index contributed by atoms with van der Waals surface area (Å²) in [5.41, 5.74) is 5.51. The van der Waals surface area contributed by atoms with E-state index in [2.05, 4.69) is 37.5 Å². The van der Waals surface area contributed by atoms with E-state index >= 15 is 0 Å². The molecule has 1 atom stereocenters. The van der Waals surface area contributed by atoms with Crippen LogP contribution in [0.3, 0.4) is 0 Å². The summed E-state index contributed by atoms with van der Waals surface area (Å²) < 4.78 is 5.51. The second kappa shape index (κ2) is 5.52. The molecule has 3 N–H and O–H groups in total. The summed E-state index contributed by atoms with van der Waals surface area (Å²) in [4.78, 5) is 0. The van der Waals surface area contributed by atoms with Crippen molar-refractivity contribution in [3.63, 3.8) is 0 Å². The molecular weight excluding hydrogens is 212 g/mol. The molecule has 17 heavy (non-hydrogen) atoms. The highest BCUT2D eigenvalue weighted by Crippen LogP contribution is 2.29. The number of hydrogen-bond donors (Lipinski definition) is 2. The number of benzene rings is 1. The van der Waals surface area contributed by atoms with Gasteiger partial charge in [0, 0.05) is 12.5 Å². The van der Waals surface area contributed by atoms with Gasteiger partial charge in [0.2, 0.25) is 0 Å². The minimum Gasteiger partial charge on any atom is -0.493 e. The smallest absolute Gasteiger partial charge is 0.122 e. The normalized spacial score (nSPS) is 15.8. The second-order valence-electron chi connectivity index (χ2n) is 5.16. The summed E-state index contributed by atoms with van der Waals surface area (Å²) in [7, 11) is 0. The van der Waals surface area contributed by atoms with E-state index < -0.39 is 0 Å². The number of hydrogen-bond acceptors (Lipinski definition) is 3. The number of nitrogens with one attached hydrogen (secondary N) is 1. The molecule has 2 rings (SSSR count). The first-order valence-corrected chi connectivity index (χ1v) is 6.42. The van der Waals surface area contributed by atoms with Gasteiger partial charge in [-0.05, 0) is 36.0 Å². The van der Waals surface area contributed by atoms with Crippen LogP contribution in [0, 0.1) is 5.92 Å². The fourth-order valence-electron chi connectivity index (χ4n) is 2.27. The first-order chi connectivity index (χ1) is 8.20. The van der Waals surface area contributed by atoms with Crippen LogP contribution in [-0.4, -0.2) is 6.61 Å². The molecule has 0 radical (unpaired) electrons. The van der Waals surface area contributed by atoms with E-state index in [0.29, 0.717) is 5.92 Å². The van der Waals surface area contributed by atoms with E-state index in [4.69, 9.17) is 10.6 Å². The molecule has 1 heterocycles. The van der Waals surface area contributed by atoms with Gasteiger partial charge >= 0.3 is 0 Å². The van der Waals surface area contributed by atoms with Crippen LogP contribution in [0.15, 0.2) is 18.2 Å². The quantitative estimate of drug-likeness (QED) is 0.608. The molecule has 1 unspecified atom stereocenters. The van der Waals surface area contributed by atoms with Crippen LogP contribution in [-0.2, 0) is 6.42 Å². The third-order valence-electron chi connectivity index (χ3n) is 3.35. The highest BCUT2D eigenvalue weighted by Gasteiger charge is 2.16. The Morgan fingerprint density at radius 3 is 2.88 bits per heavy atom. The first kappa shape index (κ1) is 12.4. The minimum atomic E-state index is 0.253. The molecule has 1 aliphatic heterocycles. The fourth-order valence-corrected chi connectivity index (χ4v) is 2.27. The molecule has 0 fully saturated rings. The summed E-state index contributed by atoms with van der Waals surface area (Å²) in [6, 6.07) is 6.67.